The third-order valence-electron chi connectivity index (χ3n) is 2.33. The number of hydrogen-bond acceptors (Lipinski definition) is 2. The molecule has 0 unspecified atom stereocenters. The Morgan fingerprint density at radius 1 is 1.44 bits per heavy atom. The molecule has 0 radical (unpaired) electrons. The van der Waals surface area contributed by atoms with E-state index in [1.54, 1.807) is 24.5 Å². The molecule has 2 heterocycles. The molecule has 0 bridgehead atoms. The molecule has 2 rings (SSSR count). The molecule has 0 spiro atoms. The van der Waals surface area contributed by atoms with Crippen LogP contribution in [0.3, 0.4) is 0 Å². The lowest BCUT2D eigenvalue weighted by Crippen LogP contribution is -2.38. The van der Waals surface area contributed by atoms with E-state index in [9.17, 15) is 9.18 Å². The molecule has 0 fully saturated rings. The van der Waals surface area contributed by atoms with Crippen LogP contribution in [0.2, 0.25) is 0 Å². The highest BCUT2D eigenvalue weighted by atomic mass is 19.1. The number of hydrogen-bond donors (Lipinski definition) is 1. The van der Waals surface area contributed by atoms with E-state index < -0.39 is 0 Å². The lowest BCUT2D eigenvalue weighted by atomic mass is 10.2. The molecule has 0 aromatic carbocycles. The molecule has 0 saturated carbocycles. The number of halogens is 1. The molecular formula is C11H12FN3O. The van der Waals surface area contributed by atoms with Crippen molar-refractivity contribution in [2.75, 3.05) is 18.4 Å². The van der Waals surface area contributed by atoms with E-state index in [2.05, 4.69) is 10.3 Å². The summed E-state index contributed by atoms with van der Waals surface area (Å²) in [5.74, 6) is -0.254. The number of nitrogens with zero attached hydrogens (tertiary/aromatic N) is 2. The smallest absolute Gasteiger partial charge is 0.318 e. The van der Waals surface area contributed by atoms with Crippen LogP contribution < -0.4 is 5.32 Å². The van der Waals surface area contributed by atoms with Crippen molar-refractivity contribution in [3.63, 3.8) is 0 Å². The first-order valence-electron chi connectivity index (χ1n) is 5.06. The van der Waals surface area contributed by atoms with Crippen molar-refractivity contribution in [1.82, 2.24) is 9.88 Å². The van der Waals surface area contributed by atoms with Crippen LogP contribution in [0, 0.1) is 0 Å². The van der Waals surface area contributed by atoms with Crippen LogP contribution in [-0.2, 0) is 0 Å². The maximum Gasteiger partial charge on any atom is 0.322 e. The first-order valence-corrected chi connectivity index (χ1v) is 5.06. The number of carbonyl (C=O) groups is 1. The standard InChI is InChI=1S/C11H12FN3O/c12-9-2-1-7-15(8-9)11(16)14-10-3-5-13-6-4-10/h2-6H,1,7-8H2,(H,13,14,16). The van der Waals surface area contributed by atoms with Crippen molar-refractivity contribution in [2.24, 2.45) is 0 Å². The monoisotopic (exact) mass is 221 g/mol. The third kappa shape index (κ3) is 2.56. The molecule has 0 aliphatic carbocycles. The van der Waals surface area contributed by atoms with Crippen LogP contribution in [0.5, 0.6) is 0 Å². The third-order valence-corrected chi connectivity index (χ3v) is 2.33. The molecule has 1 N–H and O–H groups in total. The van der Waals surface area contributed by atoms with Gasteiger partial charge >= 0.3 is 6.03 Å². The molecule has 1 aromatic rings. The molecule has 16 heavy (non-hydrogen) atoms. The topological polar surface area (TPSA) is 45.2 Å². The highest BCUT2D eigenvalue weighted by Gasteiger charge is 2.17. The van der Waals surface area contributed by atoms with Gasteiger partial charge in [0.1, 0.15) is 5.83 Å². The largest absolute Gasteiger partial charge is 0.322 e. The molecule has 0 atom stereocenters. The molecule has 1 aromatic heterocycles. The van der Waals surface area contributed by atoms with Crippen molar-refractivity contribution in [1.29, 1.82) is 0 Å². The van der Waals surface area contributed by atoms with Crippen molar-refractivity contribution in [2.45, 2.75) is 6.42 Å². The second-order valence-corrected chi connectivity index (χ2v) is 3.53. The predicted molar refractivity (Wildman–Crippen MR) is 58.6 cm³/mol. The number of rotatable bonds is 1. The fourth-order valence-corrected chi connectivity index (χ4v) is 1.51. The van der Waals surface area contributed by atoms with Gasteiger partial charge in [0.25, 0.3) is 0 Å². The fourth-order valence-electron chi connectivity index (χ4n) is 1.51. The summed E-state index contributed by atoms with van der Waals surface area (Å²) in [7, 11) is 0. The molecule has 84 valence electrons. The summed E-state index contributed by atoms with van der Waals surface area (Å²) in [5.41, 5.74) is 0.662. The number of aromatic nitrogens is 1. The van der Waals surface area contributed by atoms with Gasteiger partial charge in [0.05, 0.1) is 6.54 Å². The Balaban J connectivity index is 1.96. The van der Waals surface area contributed by atoms with Gasteiger partial charge in [0.2, 0.25) is 0 Å². The Hall–Kier alpha value is -1.91. The minimum Gasteiger partial charge on any atom is -0.318 e. The van der Waals surface area contributed by atoms with Crippen LogP contribution in [0.15, 0.2) is 36.4 Å². The van der Waals surface area contributed by atoms with E-state index in [1.165, 1.54) is 11.0 Å². The Bertz CT molecular complexity index is 405. The summed E-state index contributed by atoms with van der Waals surface area (Å²) in [6, 6.07) is 3.09. The zero-order valence-corrected chi connectivity index (χ0v) is 8.69. The van der Waals surface area contributed by atoms with Gasteiger partial charge in [-0.2, -0.15) is 0 Å². The van der Waals surface area contributed by atoms with Gasteiger partial charge in [-0.25, -0.2) is 9.18 Å². The molecule has 1 aliphatic rings. The SMILES string of the molecule is O=C(Nc1ccncc1)N1CCC=C(F)C1. The maximum absolute atomic E-state index is 13.0. The molecule has 4 nitrogen and oxygen atoms in total. The first-order chi connectivity index (χ1) is 7.75. The predicted octanol–water partition coefficient (Wildman–Crippen LogP) is 2.17. The van der Waals surface area contributed by atoms with Gasteiger partial charge < -0.3 is 10.2 Å². The van der Waals surface area contributed by atoms with Gasteiger partial charge in [-0.1, -0.05) is 0 Å². The summed E-state index contributed by atoms with van der Waals surface area (Å²) < 4.78 is 13.0. The van der Waals surface area contributed by atoms with Gasteiger partial charge in [-0.05, 0) is 24.6 Å². The molecule has 1 aliphatic heterocycles. The number of anilines is 1. The zero-order valence-electron chi connectivity index (χ0n) is 8.69. The van der Waals surface area contributed by atoms with Crippen LogP contribution in [0.25, 0.3) is 0 Å². The highest BCUT2D eigenvalue weighted by molar-refractivity contribution is 5.89. The summed E-state index contributed by atoms with van der Waals surface area (Å²) in [4.78, 5) is 17.0. The second-order valence-electron chi connectivity index (χ2n) is 3.53. The molecule has 5 heteroatoms. The van der Waals surface area contributed by atoms with Crippen molar-refractivity contribution >= 4 is 11.7 Å². The van der Waals surface area contributed by atoms with Crippen LogP contribution in [0.4, 0.5) is 14.9 Å². The average molecular weight is 221 g/mol. The lowest BCUT2D eigenvalue weighted by Gasteiger charge is -2.24. The van der Waals surface area contributed by atoms with Crippen LogP contribution >= 0.6 is 0 Å². The van der Waals surface area contributed by atoms with Crippen LogP contribution in [-0.4, -0.2) is 29.0 Å². The van der Waals surface area contributed by atoms with Crippen molar-refractivity contribution < 1.29 is 9.18 Å². The minimum atomic E-state index is -0.283. The molecule has 0 saturated heterocycles. The van der Waals surface area contributed by atoms with Crippen molar-refractivity contribution in [3.05, 3.63) is 36.4 Å². The fraction of sp³-hybridized carbons (Fsp3) is 0.273. The van der Waals surface area contributed by atoms with E-state index in [4.69, 9.17) is 0 Å². The minimum absolute atomic E-state index is 0.0525. The summed E-state index contributed by atoms with van der Waals surface area (Å²) in [6.07, 6.45) is 5.25. The van der Waals surface area contributed by atoms with Crippen LogP contribution in [0.1, 0.15) is 6.42 Å². The van der Waals surface area contributed by atoms with Gasteiger partial charge in [-0.15, -0.1) is 0 Å². The Labute approximate surface area is 92.8 Å². The van der Waals surface area contributed by atoms with E-state index >= 15 is 0 Å². The number of carbonyl (C=O) groups excluding carboxylic acids is 1. The summed E-state index contributed by atoms with van der Waals surface area (Å²) in [6.45, 7) is 0.598. The van der Waals surface area contributed by atoms with Gasteiger partial charge in [0, 0.05) is 24.6 Å². The number of urea groups is 1. The second kappa shape index (κ2) is 4.74. The first kappa shape index (κ1) is 10.6. The summed E-state index contributed by atoms with van der Waals surface area (Å²) in [5, 5.41) is 2.69. The quantitative estimate of drug-likeness (QED) is 0.789. The normalized spacial score (nSPS) is 15.6. The van der Waals surface area contributed by atoms with Gasteiger partial charge in [0.15, 0.2) is 0 Å². The molecule has 2 amide bonds. The van der Waals surface area contributed by atoms with E-state index in [0.717, 1.165) is 0 Å². The van der Waals surface area contributed by atoms with E-state index in [-0.39, 0.29) is 18.4 Å². The van der Waals surface area contributed by atoms with Gasteiger partial charge in [-0.3, -0.25) is 4.98 Å². The number of pyridine rings is 1. The lowest BCUT2D eigenvalue weighted by molar-refractivity contribution is 0.210. The van der Waals surface area contributed by atoms with Crippen molar-refractivity contribution in [3.8, 4) is 0 Å². The number of nitrogens with one attached hydrogen (secondary N) is 1. The maximum atomic E-state index is 13.0. The van der Waals surface area contributed by atoms with E-state index in [0.29, 0.717) is 18.7 Å². The summed E-state index contributed by atoms with van der Waals surface area (Å²) >= 11 is 0. The number of amides is 2. The molecular weight excluding hydrogens is 209 g/mol. The Kier molecular flexibility index (Phi) is 3.14. The average Bonchev–Trinajstić information content (AvgIpc) is 2.30. The highest BCUT2D eigenvalue weighted by Crippen LogP contribution is 2.12. The van der Waals surface area contributed by atoms with E-state index in [1.807, 2.05) is 0 Å². The zero-order chi connectivity index (χ0) is 11.4. The Morgan fingerprint density at radius 2 is 2.19 bits per heavy atom. The Morgan fingerprint density at radius 3 is 2.88 bits per heavy atom.